The fraction of sp³-hybridized carbons (Fsp3) is 0.556. The number of benzene rings is 1. The first-order valence-corrected chi connectivity index (χ1v) is 8.73. The molecular weight excluding hydrogens is 304 g/mol. The van der Waals surface area contributed by atoms with Crippen LogP contribution in [0.4, 0.5) is 10.5 Å². The zero-order chi connectivity index (χ0) is 17.1. The van der Waals surface area contributed by atoms with E-state index in [1.807, 2.05) is 0 Å². The van der Waals surface area contributed by atoms with Crippen molar-refractivity contribution in [2.24, 2.45) is 5.73 Å². The number of nitrogens with two attached hydrogens (primary N) is 1. The van der Waals surface area contributed by atoms with Crippen molar-refractivity contribution in [3.05, 3.63) is 29.8 Å². The van der Waals surface area contributed by atoms with Gasteiger partial charge in [-0.25, -0.2) is 4.79 Å². The average molecular weight is 330 g/mol. The summed E-state index contributed by atoms with van der Waals surface area (Å²) in [6.07, 6.45) is 3.46. The molecule has 24 heavy (non-hydrogen) atoms. The molecule has 1 fully saturated rings. The molecule has 0 spiro atoms. The summed E-state index contributed by atoms with van der Waals surface area (Å²) in [4.78, 5) is 27.3. The second kappa shape index (κ2) is 7.11. The molecular formula is C18H26N4O2. The molecule has 3 amide bonds. The molecule has 1 saturated heterocycles. The van der Waals surface area contributed by atoms with Gasteiger partial charge in [0.05, 0.1) is 0 Å². The van der Waals surface area contributed by atoms with E-state index in [1.54, 1.807) is 4.90 Å². The highest BCUT2D eigenvalue weighted by atomic mass is 16.2. The van der Waals surface area contributed by atoms with Crippen LogP contribution in [0.2, 0.25) is 0 Å². The minimum atomic E-state index is -0.412. The van der Waals surface area contributed by atoms with Gasteiger partial charge < -0.3 is 20.9 Å². The first-order valence-electron chi connectivity index (χ1n) is 8.73. The van der Waals surface area contributed by atoms with Gasteiger partial charge in [-0.15, -0.1) is 0 Å². The maximum Gasteiger partial charge on any atom is 0.314 e. The number of primary amides is 1. The van der Waals surface area contributed by atoms with Crippen LogP contribution in [-0.2, 0) is 11.2 Å². The number of para-hydroxylation sites is 1. The van der Waals surface area contributed by atoms with Gasteiger partial charge in [0.15, 0.2) is 0 Å². The molecule has 0 saturated carbocycles. The number of likely N-dealkylation sites (tertiary alicyclic amines) is 1. The number of aryl methyl sites for hydroxylation is 1. The molecule has 3 rings (SSSR count). The Kier molecular flexibility index (Phi) is 4.92. The monoisotopic (exact) mass is 330 g/mol. The molecule has 2 aliphatic heterocycles. The van der Waals surface area contributed by atoms with Crippen molar-refractivity contribution in [2.75, 3.05) is 24.5 Å². The van der Waals surface area contributed by atoms with E-state index in [0.29, 0.717) is 25.6 Å². The van der Waals surface area contributed by atoms with Crippen LogP contribution >= 0.6 is 0 Å². The van der Waals surface area contributed by atoms with Gasteiger partial charge in [0, 0.05) is 43.8 Å². The minimum Gasteiger partial charge on any atom is -0.368 e. The molecule has 0 unspecified atom stereocenters. The predicted molar refractivity (Wildman–Crippen MR) is 93.9 cm³/mol. The van der Waals surface area contributed by atoms with Crippen molar-refractivity contribution in [2.45, 2.75) is 44.7 Å². The fourth-order valence-electron chi connectivity index (χ4n) is 3.70. The maximum atomic E-state index is 12.3. The quantitative estimate of drug-likeness (QED) is 0.878. The van der Waals surface area contributed by atoms with E-state index in [0.717, 1.165) is 25.8 Å². The van der Waals surface area contributed by atoms with Gasteiger partial charge in [-0.1, -0.05) is 18.2 Å². The highest BCUT2D eigenvalue weighted by Gasteiger charge is 2.27. The molecule has 2 heterocycles. The van der Waals surface area contributed by atoms with Gasteiger partial charge in [-0.05, 0) is 37.8 Å². The lowest BCUT2D eigenvalue weighted by molar-refractivity contribution is -0.121. The molecule has 1 aromatic carbocycles. The largest absolute Gasteiger partial charge is 0.368 e. The van der Waals surface area contributed by atoms with Crippen LogP contribution in [-0.4, -0.2) is 48.6 Å². The summed E-state index contributed by atoms with van der Waals surface area (Å²) in [6, 6.07) is 8.51. The standard InChI is InChI=1S/C18H26N4O2/c1-13-6-7-14-4-2-3-5-16(14)22(13)11-9-17(23)20-15-8-10-21(12-15)18(19)24/h2-5,13,15H,6-12H2,1H3,(H2,19,24)(H,20,23)/t13-,15+/m0/s1. The van der Waals surface area contributed by atoms with E-state index in [2.05, 4.69) is 41.4 Å². The van der Waals surface area contributed by atoms with Gasteiger partial charge in [0.2, 0.25) is 5.91 Å². The molecule has 0 radical (unpaired) electrons. The molecule has 0 aliphatic carbocycles. The third-order valence-electron chi connectivity index (χ3n) is 5.11. The van der Waals surface area contributed by atoms with Crippen LogP contribution in [0.5, 0.6) is 0 Å². The number of hydrogen-bond donors (Lipinski definition) is 2. The highest BCUT2D eigenvalue weighted by Crippen LogP contribution is 2.30. The number of amides is 3. The summed E-state index contributed by atoms with van der Waals surface area (Å²) >= 11 is 0. The zero-order valence-corrected chi connectivity index (χ0v) is 14.2. The second-order valence-corrected chi connectivity index (χ2v) is 6.80. The molecule has 2 atom stereocenters. The number of carbonyl (C=O) groups excluding carboxylic acids is 2. The van der Waals surface area contributed by atoms with Crippen LogP contribution in [0.1, 0.15) is 31.7 Å². The summed E-state index contributed by atoms with van der Waals surface area (Å²) in [5.74, 6) is 0.0431. The van der Waals surface area contributed by atoms with E-state index in [1.165, 1.54) is 11.3 Å². The van der Waals surface area contributed by atoms with Gasteiger partial charge in [-0.3, -0.25) is 4.79 Å². The lowest BCUT2D eigenvalue weighted by Gasteiger charge is -2.37. The Morgan fingerprint density at radius 1 is 1.29 bits per heavy atom. The molecule has 0 bridgehead atoms. The lowest BCUT2D eigenvalue weighted by Crippen LogP contribution is -2.43. The van der Waals surface area contributed by atoms with E-state index in [-0.39, 0.29) is 11.9 Å². The molecule has 6 heteroatoms. The van der Waals surface area contributed by atoms with E-state index >= 15 is 0 Å². The third kappa shape index (κ3) is 3.63. The van der Waals surface area contributed by atoms with Crippen molar-refractivity contribution in [1.82, 2.24) is 10.2 Å². The number of nitrogens with zero attached hydrogens (tertiary/aromatic N) is 2. The number of urea groups is 1. The predicted octanol–water partition coefficient (Wildman–Crippen LogP) is 1.49. The Bertz CT molecular complexity index is 619. The van der Waals surface area contributed by atoms with E-state index < -0.39 is 6.03 Å². The SMILES string of the molecule is C[C@H]1CCc2ccccc2N1CCC(=O)N[C@@H]1CCN(C(N)=O)C1. The molecule has 3 N–H and O–H groups in total. The van der Waals surface area contributed by atoms with Gasteiger partial charge in [0.25, 0.3) is 0 Å². The number of hydrogen-bond acceptors (Lipinski definition) is 3. The van der Waals surface area contributed by atoms with Gasteiger partial charge in [0.1, 0.15) is 0 Å². The number of anilines is 1. The number of nitrogens with one attached hydrogen (secondary N) is 1. The average Bonchev–Trinajstić information content (AvgIpc) is 3.02. The number of fused-ring (bicyclic) bond motifs is 1. The van der Waals surface area contributed by atoms with Gasteiger partial charge >= 0.3 is 6.03 Å². The van der Waals surface area contributed by atoms with Crippen molar-refractivity contribution in [3.8, 4) is 0 Å². The summed E-state index contributed by atoms with van der Waals surface area (Å²) in [7, 11) is 0. The summed E-state index contributed by atoms with van der Waals surface area (Å²) in [5, 5.41) is 3.03. The third-order valence-corrected chi connectivity index (χ3v) is 5.11. The molecule has 130 valence electrons. The first kappa shape index (κ1) is 16.6. The topological polar surface area (TPSA) is 78.7 Å². The van der Waals surface area contributed by atoms with Crippen LogP contribution in [0.25, 0.3) is 0 Å². The van der Waals surface area contributed by atoms with Crippen molar-refractivity contribution >= 4 is 17.6 Å². The fourth-order valence-corrected chi connectivity index (χ4v) is 3.70. The number of rotatable bonds is 4. The first-order chi connectivity index (χ1) is 11.5. The Hall–Kier alpha value is -2.24. The molecule has 1 aromatic rings. The molecule has 6 nitrogen and oxygen atoms in total. The second-order valence-electron chi connectivity index (χ2n) is 6.80. The Morgan fingerprint density at radius 2 is 2.08 bits per heavy atom. The highest BCUT2D eigenvalue weighted by molar-refractivity contribution is 5.77. The van der Waals surface area contributed by atoms with E-state index in [9.17, 15) is 9.59 Å². The van der Waals surface area contributed by atoms with Crippen molar-refractivity contribution < 1.29 is 9.59 Å². The Labute approximate surface area is 143 Å². The Morgan fingerprint density at radius 3 is 2.83 bits per heavy atom. The Balaban J connectivity index is 1.52. The zero-order valence-electron chi connectivity index (χ0n) is 14.2. The minimum absolute atomic E-state index is 0.0241. The van der Waals surface area contributed by atoms with Gasteiger partial charge in [-0.2, -0.15) is 0 Å². The molecule has 2 aliphatic rings. The summed E-state index contributed by atoms with van der Waals surface area (Å²) in [6.45, 7) is 4.08. The smallest absolute Gasteiger partial charge is 0.314 e. The number of carbonyl (C=O) groups is 2. The van der Waals surface area contributed by atoms with Crippen molar-refractivity contribution in [1.29, 1.82) is 0 Å². The normalized spacial score (nSPS) is 23.0. The van der Waals surface area contributed by atoms with Crippen LogP contribution < -0.4 is 16.0 Å². The van der Waals surface area contributed by atoms with Crippen LogP contribution in [0, 0.1) is 0 Å². The van der Waals surface area contributed by atoms with E-state index in [4.69, 9.17) is 5.73 Å². The van der Waals surface area contributed by atoms with Crippen LogP contribution in [0.3, 0.4) is 0 Å². The summed E-state index contributed by atoms with van der Waals surface area (Å²) in [5.41, 5.74) is 7.89. The van der Waals surface area contributed by atoms with Crippen LogP contribution in [0.15, 0.2) is 24.3 Å². The molecule has 0 aromatic heterocycles. The summed E-state index contributed by atoms with van der Waals surface area (Å²) < 4.78 is 0. The van der Waals surface area contributed by atoms with Crippen molar-refractivity contribution in [3.63, 3.8) is 0 Å². The lowest BCUT2D eigenvalue weighted by atomic mass is 9.96. The maximum absolute atomic E-state index is 12.3.